The molecule has 1 heterocycles. The summed E-state index contributed by atoms with van der Waals surface area (Å²) in [5.74, 6) is 0. The van der Waals surface area contributed by atoms with Crippen LogP contribution in [-0.4, -0.2) is 16.3 Å². The second-order valence-corrected chi connectivity index (χ2v) is 5.78. The fourth-order valence-corrected chi connectivity index (χ4v) is 2.54. The van der Waals surface area contributed by atoms with Gasteiger partial charge < -0.3 is 5.32 Å². The van der Waals surface area contributed by atoms with Gasteiger partial charge >= 0.3 is 0 Å². The van der Waals surface area contributed by atoms with E-state index in [1.54, 1.807) is 0 Å². The molecule has 1 N–H and O–H groups in total. The van der Waals surface area contributed by atoms with Crippen molar-refractivity contribution in [1.82, 2.24) is 9.78 Å². The van der Waals surface area contributed by atoms with E-state index >= 15 is 0 Å². The lowest BCUT2D eigenvalue weighted by Crippen LogP contribution is -2.06. The Bertz CT molecular complexity index is 366. The van der Waals surface area contributed by atoms with Crippen molar-refractivity contribution in [3.05, 3.63) is 11.4 Å². The van der Waals surface area contributed by atoms with Crippen molar-refractivity contribution in [2.75, 3.05) is 11.9 Å². The Hall–Kier alpha value is -0.990. The zero-order chi connectivity index (χ0) is 14.3. The van der Waals surface area contributed by atoms with Gasteiger partial charge in [0.2, 0.25) is 0 Å². The van der Waals surface area contributed by atoms with E-state index in [0.29, 0.717) is 6.04 Å². The summed E-state index contributed by atoms with van der Waals surface area (Å²) in [4.78, 5) is 0. The zero-order valence-corrected chi connectivity index (χ0v) is 13.4. The Morgan fingerprint density at radius 3 is 2.26 bits per heavy atom. The molecule has 1 aromatic rings. The summed E-state index contributed by atoms with van der Waals surface area (Å²) in [5.41, 5.74) is 3.62. The predicted molar refractivity (Wildman–Crippen MR) is 84.0 cm³/mol. The molecule has 0 fully saturated rings. The van der Waals surface area contributed by atoms with E-state index in [4.69, 9.17) is 0 Å². The Balaban J connectivity index is 2.33. The SMILES string of the molecule is CCCCCCCCNc1c(C)nn(C(C)C)c1C. The van der Waals surface area contributed by atoms with Crippen LogP contribution >= 0.6 is 0 Å². The number of nitrogens with zero attached hydrogens (tertiary/aromatic N) is 2. The van der Waals surface area contributed by atoms with Crippen molar-refractivity contribution in [1.29, 1.82) is 0 Å². The number of aryl methyl sites for hydroxylation is 1. The number of nitrogens with one attached hydrogen (secondary N) is 1. The summed E-state index contributed by atoms with van der Waals surface area (Å²) >= 11 is 0. The third-order valence-corrected chi connectivity index (χ3v) is 3.65. The molecule has 0 spiro atoms. The average Bonchev–Trinajstić information content (AvgIpc) is 2.65. The molecule has 3 nitrogen and oxygen atoms in total. The van der Waals surface area contributed by atoms with E-state index in [2.05, 4.69) is 49.7 Å². The Kier molecular flexibility index (Phi) is 6.96. The number of hydrogen-bond donors (Lipinski definition) is 1. The van der Waals surface area contributed by atoms with E-state index in [0.717, 1.165) is 12.2 Å². The van der Waals surface area contributed by atoms with Gasteiger partial charge in [0.15, 0.2) is 0 Å². The van der Waals surface area contributed by atoms with Crippen LogP contribution in [0.4, 0.5) is 5.69 Å². The van der Waals surface area contributed by atoms with Crippen molar-refractivity contribution in [3.8, 4) is 0 Å². The first-order valence-corrected chi connectivity index (χ1v) is 7.87. The van der Waals surface area contributed by atoms with Gasteiger partial charge in [-0.3, -0.25) is 4.68 Å². The van der Waals surface area contributed by atoms with Crippen LogP contribution in [0.15, 0.2) is 0 Å². The highest BCUT2D eigenvalue weighted by atomic mass is 15.3. The third-order valence-electron chi connectivity index (χ3n) is 3.65. The molecular weight excluding hydrogens is 234 g/mol. The molecule has 0 aliphatic carbocycles. The summed E-state index contributed by atoms with van der Waals surface area (Å²) in [6, 6.07) is 0.434. The highest BCUT2D eigenvalue weighted by Gasteiger charge is 2.12. The third kappa shape index (κ3) is 4.88. The van der Waals surface area contributed by atoms with Crippen LogP contribution in [0, 0.1) is 13.8 Å². The van der Waals surface area contributed by atoms with Crippen molar-refractivity contribution < 1.29 is 0 Å². The lowest BCUT2D eigenvalue weighted by molar-refractivity contribution is 0.516. The summed E-state index contributed by atoms with van der Waals surface area (Å²) in [7, 11) is 0. The molecule has 1 aromatic heterocycles. The first-order valence-electron chi connectivity index (χ1n) is 7.87. The molecule has 0 aromatic carbocycles. The Morgan fingerprint density at radius 2 is 1.68 bits per heavy atom. The lowest BCUT2D eigenvalue weighted by Gasteiger charge is -2.10. The zero-order valence-electron chi connectivity index (χ0n) is 13.4. The molecule has 0 aliphatic heterocycles. The van der Waals surface area contributed by atoms with Gasteiger partial charge in [-0.15, -0.1) is 0 Å². The van der Waals surface area contributed by atoms with Crippen LogP contribution in [0.2, 0.25) is 0 Å². The van der Waals surface area contributed by atoms with Crippen LogP contribution in [0.1, 0.15) is 76.7 Å². The van der Waals surface area contributed by atoms with E-state index in [-0.39, 0.29) is 0 Å². The van der Waals surface area contributed by atoms with Crippen molar-refractivity contribution >= 4 is 5.69 Å². The van der Waals surface area contributed by atoms with Crippen molar-refractivity contribution in [2.45, 2.75) is 79.2 Å². The lowest BCUT2D eigenvalue weighted by atomic mass is 10.1. The largest absolute Gasteiger partial charge is 0.382 e. The Labute approximate surface area is 118 Å². The highest BCUT2D eigenvalue weighted by Crippen LogP contribution is 2.22. The molecule has 3 heteroatoms. The maximum Gasteiger partial charge on any atom is 0.0828 e. The van der Waals surface area contributed by atoms with Gasteiger partial charge in [0, 0.05) is 12.6 Å². The van der Waals surface area contributed by atoms with Gasteiger partial charge in [0.1, 0.15) is 0 Å². The maximum absolute atomic E-state index is 4.60. The van der Waals surface area contributed by atoms with Gasteiger partial charge in [-0.05, 0) is 34.1 Å². The molecule has 0 saturated carbocycles. The van der Waals surface area contributed by atoms with E-state index < -0.39 is 0 Å². The molecule has 0 saturated heterocycles. The van der Waals surface area contributed by atoms with E-state index in [1.807, 2.05) is 0 Å². The minimum absolute atomic E-state index is 0.434. The number of unbranched alkanes of at least 4 members (excludes halogenated alkanes) is 5. The van der Waals surface area contributed by atoms with Crippen LogP contribution in [0.5, 0.6) is 0 Å². The Morgan fingerprint density at radius 1 is 1.05 bits per heavy atom. The normalized spacial score (nSPS) is 11.3. The minimum atomic E-state index is 0.434. The number of aromatic nitrogens is 2. The van der Waals surface area contributed by atoms with Crippen LogP contribution < -0.4 is 5.32 Å². The topological polar surface area (TPSA) is 29.9 Å². The second kappa shape index (κ2) is 8.23. The summed E-state index contributed by atoms with van der Waals surface area (Å²) < 4.78 is 2.11. The predicted octanol–water partition coefficient (Wildman–Crippen LogP) is 4.85. The van der Waals surface area contributed by atoms with Crippen LogP contribution in [0.25, 0.3) is 0 Å². The smallest absolute Gasteiger partial charge is 0.0828 e. The average molecular weight is 265 g/mol. The number of anilines is 1. The van der Waals surface area contributed by atoms with Crippen molar-refractivity contribution in [3.63, 3.8) is 0 Å². The standard InChI is InChI=1S/C16H31N3/c1-6-7-8-9-10-11-12-17-16-14(4)18-19(13(2)3)15(16)5/h13,17H,6-12H2,1-5H3. The van der Waals surface area contributed by atoms with Gasteiger partial charge in [0.25, 0.3) is 0 Å². The van der Waals surface area contributed by atoms with Gasteiger partial charge in [0.05, 0.1) is 17.1 Å². The number of rotatable bonds is 9. The van der Waals surface area contributed by atoms with E-state index in [9.17, 15) is 0 Å². The van der Waals surface area contributed by atoms with Gasteiger partial charge in [-0.1, -0.05) is 39.0 Å². The summed E-state index contributed by atoms with van der Waals surface area (Å²) in [5, 5.41) is 8.17. The first kappa shape index (κ1) is 16.1. The molecule has 110 valence electrons. The van der Waals surface area contributed by atoms with Crippen LogP contribution in [-0.2, 0) is 0 Å². The minimum Gasteiger partial charge on any atom is -0.382 e. The van der Waals surface area contributed by atoms with E-state index in [1.165, 1.54) is 49.9 Å². The van der Waals surface area contributed by atoms with Crippen LogP contribution in [0.3, 0.4) is 0 Å². The van der Waals surface area contributed by atoms with Gasteiger partial charge in [-0.25, -0.2) is 0 Å². The molecule has 19 heavy (non-hydrogen) atoms. The van der Waals surface area contributed by atoms with Crippen molar-refractivity contribution in [2.24, 2.45) is 0 Å². The maximum atomic E-state index is 4.60. The fraction of sp³-hybridized carbons (Fsp3) is 0.812. The molecule has 0 amide bonds. The number of hydrogen-bond acceptors (Lipinski definition) is 2. The second-order valence-electron chi connectivity index (χ2n) is 5.78. The molecule has 1 rings (SSSR count). The van der Waals surface area contributed by atoms with Gasteiger partial charge in [-0.2, -0.15) is 5.10 Å². The monoisotopic (exact) mass is 265 g/mol. The molecule has 0 radical (unpaired) electrons. The molecule has 0 unspecified atom stereocenters. The summed E-state index contributed by atoms with van der Waals surface area (Å²) in [6.45, 7) is 11.9. The molecule has 0 bridgehead atoms. The molecular formula is C16H31N3. The molecule has 0 atom stereocenters. The highest BCUT2D eigenvalue weighted by molar-refractivity contribution is 5.52. The summed E-state index contributed by atoms with van der Waals surface area (Å²) in [6.07, 6.45) is 8.06. The molecule has 0 aliphatic rings. The fourth-order valence-electron chi connectivity index (χ4n) is 2.54. The quantitative estimate of drug-likeness (QED) is 0.647. The first-order chi connectivity index (χ1) is 9.07.